The number of β-amino-alcohol motifs (C(OH)–C–C–N with tert-alkyl or cyclic N) is 1. The summed E-state index contributed by atoms with van der Waals surface area (Å²) in [6.45, 7) is 10.1. The number of aryl methyl sites for hydroxylation is 1. The van der Waals surface area contributed by atoms with Gasteiger partial charge in [-0.15, -0.1) is 11.3 Å². The highest BCUT2D eigenvalue weighted by atomic mass is 32.1. The quantitative estimate of drug-likeness (QED) is 0.406. The van der Waals surface area contributed by atoms with E-state index < -0.39 is 29.5 Å². The number of nitrogens with one attached hydrogen (secondary N) is 2. The first kappa shape index (κ1) is 28.7. The van der Waals surface area contributed by atoms with Crippen LogP contribution in [0, 0.1) is 12.3 Å². The topological polar surface area (TPSA) is 121 Å². The highest BCUT2D eigenvalue weighted by Gasteiger charge is 2.44. The van der Waals surface area contributed by atoms with E-state index in [1.54, 1.807) is 11.3 Å². The summed E-state index contributed by atoms with van der Waals surface area (Å²) in [6.07, 6.45) is 0.115. The maximum atomic E-state index is 13.5. The minimum atomic E-state index is -0.867. The molecule has 3 atom stereocenters. The molecule has 1 saturated heterocycles. The Hall–Kier alpha value is -2.82. The molecule has 3 rings (SSSR count). The Morgan fingerprint density at radius 2 is 1.95 bits per heavy atom. The van der Waals surface area contributed by atoms with Crippen molar-refractivity contribution in [3.63, 3.8) is 0 Å². The predicted octanol–water partition coefficient (Wildman–Crippen LogP) is 2.65. The van der Waals surface area contributed by atoms with E-state index in [9.17, 15) is 19.5 Å². The molecule has 1 aromatic heterocycles. The number of thiazole rings is 1. The fraction of sp³-hybridized carbons (Fsp3) is 0.556. The molecule has 1 aromatic carbocycles. The average molecular weight is 531 g/mol. The molecule has 0 bridgehead atoms. The van der Waals surface area contributed by atoms with Gasteiger partial charge >= 0.3 is 0 Å². The Morgan fingerprint density at radius 3 is 2.54 bits per heavy atom. The number of aromatic nitrogens is 1. The molecule has 2 heterocycles. The highest BCUT2D eigenvalue weighted by molar-refractivity contribution is 7.13. The van der Waals surface area contributed by atoms with Gasteiger partial charge in [0.1, 0.15) is 18.7 Å². The largest absolute Gasteiger partial charge is 0.391 e. The third kappa shape index (κ3) is 7.59. The molecular weight excluding hydrogens is 492 g/mol. The first-order chi connectivity index (χ1) is 17.5. The van der Waals surface area contributed by atoms with Crippen molar-refractivity contribution in [3.05, 3.63) is 41.0 Å². The molecule has 9 nitrogen and oxygen atoms in total. The highest BCUT2D eigenvalue weighted by Crippen LogP contribution is 2.28. The lowest BCUT2D eigenvalue weighted by Gasteiger charge is -2.35. The monoisotopic (exact) mass is 530 g/mol. The number of likely N-dealkylation sites (tertiary alicyclic amines) is 1. The zero-order chi connectivity index (χ0) is 27.2. The molecular formula is C27H38N4O5S. The van der Waals surface area contributed by atoms with Gasteiger partial charge < -0.3 is 25.4 Å². The van der Waals surface area contributed by atoms with Gasteiger partial charge in [-0.05, 0) is 29.9 Å². The zero-order valence-corrected chi connectivity index (χ0v) is 23.1. The van der Waals surface area contributed by atoms with Crippen LogP contribution < -0.4 is 10.6 Å². The van der Waals surface area contributed by atoms with Gasteiger partial charge in [0, 0.05) is 26.1 Å². The van der Waals surface area contributed by atoms with E-state index in [1.807, 2.05) is 64.4 Å². The van der Waals surface area contributed by atoms with Crippen LogP contribution in [0.2, 0.25) is 0 Å². The van der Waals surface area contributed by atoms with Crippen molar-refractivity contribution in [2.75, 3.05) is 19.8 Å². The summed E-state index contributed by atoms with van der Waals surface area (Å²) in [5, 5.41) is 16.0. The fourth-order valence-corrected chi connectivity index (χ4v) is 5.10. The van der Waals surface area contributed by atoms with Gasteiger partial charge in [0.15, 0.2) is 0 Å². The first-order valence-corrected chi connectivity index (χ1v) is 13.5. The van der Waals surface area contributed by atoms with Crippen LogP contribution in [0.1, 0.15) is 51.8 Å². The second kappa shape index (κ2) is 12.6. The molecule has 202 valence electrons. The van der Waals surface area contributed by atoms with Gasteiger partial charge in [-0.1, -0.05) is 52.0 Å². The second-order valence-electron chi connectivity index (χ2n) is 10.5. The summed E-state index contributed by atoms with van der Waals surface area (Å²) in [4.78, 5) is 45.9. The molecule has 1 aliphatic heterocycles. The number of benzene rings is 1. The predicted molar refractivity (Wildman–Crippen MR) is 143 cm³/mol. The van der Waals surface area contributed by atoms with Gasteiger partial charge in [0.05, 0.1) is 22.2 Å². The lowest BCUT2D eigenvalue weighted by atomic mass is 9.85. The Bertz CT molecular complexity index is 1080. The molecule has 0 unspecified atom stereocenters. The van der Waals surface area contributed by atoms with Crippen molar-refractivity contribution in [3.8, 4) is 10.4 Å². The van der Waals surface area contributed by atoms with E-state index in [0.717, 1.165) is 28.1 Å². The molecule has 37 heavy (non-hydrogen) atoms. The Morgan fingerprint density at radius 1 is 1.24 bits per heavy atom. The van der Waals surface area contributed by atoms with E-state index in [2.05, 4.69) is 15.6 Å². The van der Waals surface area contributed by atoms with E-state index in [1.165, 1.54) is 4.90 Å². The summed E-state index contributed by atoms with van der Waals surface area (Å²) in [5.74, 6) is -1.12. The smallest absolute Gasteiger partial charge is 0.246 e. The van der Waals surface area contributed by atoms with Crippen LogP contribution in [0.5, 0.6) is 0 Å². The third-order valence-electron chi connectivity index (χ3n) is 6.29. The average Bonchev–Trinajstić information content (AvgIpc) is 3.46. The summed E-state index contributed by atoms with van der Waals surface area (Å²) < 4.78 is 5.30. The summed E-state index contributed by atoms with van der Waals surface area (Å²) >= 11 is 1.58. The number of nitrogens with zero attached hydrogens (tertiary/aromatic N) is 2. The molecule has 0 radical (unpaired) electrons. The number of hydrogen-bond acceptors (Lipinski definition) is 7. The normalized spacial score (nSPS) is 18.5. The number of aliphatic hydroxyl groups excluding tert-OH is 1. The Balaban J connectivity index is 1.65. The van der Waals surface area contributed by atoms with Crippen LogP contribution in [-0.4, -0.2) is 70.7 Å². The van der Waals surface area contributed by atoms with Gasteiger partial charge in [-0.2, -0.15) is 0 Å². The van der Waals surface area contributed by atoms with Crippen LogP contribution >= 0.6 is 11.3 Å². The molecule has 1 aliphatic rings. The van der Waals surface area contributed by atoms with Crippen LogP contribution in [0.3, 0.4) is 0 Å². The number of aliphatic hydroxyl groups is 1. The molecule has 10 heteroatoms. The van der Waals surface area contributed by atoms with Crippen LogP contribution in [-0.2, 0) is 25.7 Å². The third-order valence-corrected chi connectivity index (χ3v) is 7.27. The summed E-state index contributed by atoms with van der Waals surface area (Å²) in [7, 11) is 0. The lowest BCUT2D eigenvalue weighted by Crippen LogP contribution is -2.58. The maximum Gasteiger partial charge on any atom is 0.246 e. The van der Waals surface area contributed by atoms with Crippen molar-refractivity contribution in [2.24, 2.45) is 5.41 Å². The molecule has 1 fully saturated rings. The Labute approximate surface area is 222 Å². The van der Waals surface area contributed by atoms with Crippen molar-refractivity contribution in [2.45, 2.75) is 72.2 Å². The van der Waals surface area contributed by atoms with Crippen LogP contribution in [0.15, 0.2) is 29.8 Å². The van der Waals surface area contributed by atoms with Crippen molar-refractivity contribution >= 4 is 29.1 Å². The second-order valence-corrected chi connectivity index (χ2v) is 11.4. The zero-order valence-electron chi connectivity index (χ0n) is 22.2. The number of carbonyl (C=O) groups is 3. The van der Waals surface area contributed by atoms with E-state index in [-0.39, 0.29) is 31.4 Å². The lowest BCUT2D eigenvalue weighted by molar-refractivity contribution is -0.144. The number of ether oxygens (including phenoxy) is 1. The molecule has 0 spiro atoms. The molecule has 3 amide bonds. The SMILES string of the molecule is CCCOCC(=O)N[C@@H](C(=O)N1C[C@@H](O)C[C@@H]1C(=O)NCc1ccc(-c2scnc2C)cc1)C(C)(C)C. The van der Waals surface area contributed by atoms with E-state index in [0.29, 0.717) is 13.2 Å². The Kier molecular flexibility index (Phi) is 9.80. The van der Waals surface area contributed by atoms with Crippen molar-refractivity contribution in [1.29, 1.82) is 0 Å². The summed E-state index contributed by atoms with van der Waals surface area (Å²) in [5.41, 5.74) is 4.18. The van der Waals surface area contributed by atoms with E-state index >= 15 is 0 Å². The van der Waals surface area contributed by atoms with Crippen molar-refractivity contribution < 1.29 is 24.2 Å². The van der Waals surface area contributed by atoms with Crippen LogP contribution in [0.4, 0.5) is 0 Å². The van der Waals surface area contributed by atoms with E-state index in [4.69, 9.17) is 4.74 Å². The van der Waals surface area contributed by atoms with Gasteiger partial charge in [0.2, 0.25) is 17.7 Å². The summed E-state index contributed by atoms with van der Waals surface area (Å²) in [6, 6.07) is 6.21. The molecule has 3 N–H and O–H groups in total. The van der Waals surface area contributed by atoms with Crippen LogP contribution in [0.25, 0.3) is 10.4 Å². The minimum absolute atomic E-state index is 0.0363. The number of rotatable bonds is 10. The molecule has 0 aliphatic carbocycles. The number of hydrogen-bond donors (Lipinski definition) is 3. The number of amides is 3. The molecule has 0 saturated carbocycles. The molecule has 2 aromatic rings. The first-order valence-electron chi connectivity index (χ1n) is 12.6. The standard InChI is InChI=1S/C27H38N4O5S/c1-6-11-36-15-22(33)30-24(27(3,4)5)26(35)31-14-20(32)12-21(31)25(34)28-13-18-7-9-19(10-8-18)23-17(2)29-16-37-23/h7-10,16,20-21,24,32H,6,11-15H2,1-5H3,(H,28,34)(H,30,33)/t20-,21+,24-/m0/s1. The van der Waals surface area contributed by atoms with Gasteiger partial charge in [0.25, 0.3) is 0 Å². The van der Waals surface area contributed by atoms with Crippen molar-refractivity contribution in [1.82, 2.24) is 20.5 Å². The van der Waals surface area contributed by atoms with Gasteiger partial charge in [-0.3, -0.25) is 14.4 Å². The fourth-order valence-electron chi connectivity index (χ4n) is 4.29. The number of carbonyl (C=O) groups excluding carboxylic acids is 3. The van der Waals surface area contributed by atoms with Gasteiger partial charge in [-0.25, -0.2) is 4.98 Å². The minimum Gasteiger partial charge on any atom is -0.391 e. The maximum absolute atomic E-state index is 13.5.